The zero-order chi connectivity index (χ0) is 13.1. The summed E-state index contributed by atoms with van der Waals surface area (Å²) in [6.45, 7) is 0. The van der Waals surface area contributed by atoms with E-state index in [4.69, 9.17) is 9.47 Å². The molecule has 0 unspecified atom stereocenters. The number of nitrogens with zero attached hydrogens (tertiary/aromatic N) is 2. The van der Waals surface area contributed by atoms with Crippen molar-refractivity contribution in [2.45, 2.75) is 0 Å². The van der Waals surface area contributed by atoms with Gasteiger partial charge in [0.2, 0.25) is 5.88 Å². The molecule has 19 heavy (non-hydrogen) atoms. The number of methoxy groups -OCH3 is 1. The predicted molar refractivity (Wildman–Crippen MR) is 72.6 cm³/mol. The van der Waals surface area contributed by atoms with Crippen molar-refractivity contribution >= 4 is 10.9 Å². The molecule has 1 aromatic heterocycles. The van der Waals surface area contributed by atoms with Gasteiger partial charge < -0.3 is 9.47 Å². The van der Waals surface area contributed by atoms with Gasteiger partial charge in [-0.2, -0.15) is 9.97 Å². The summed E-state index contributed by atoms with van der Waals surface area (Å²) in [5.41, 5.74) is 0.792. The zero-order valence-corrected chi connectivity index (χ0v) is 10.4. The van der Waals surface area contributed by atoms with Crippen molar-refractivity contribution in [1.29, 1.82) is 0 Å². The number of ether oxygens (including phenoxy) is 2. The highest BCUT2D eigenvalue weighted by Gasteiger charge is 2.09. The van der Waals surface area contributed by atoms with Crippen LogP contribution in [0.4, 0.5) is 0 Å². The Morgan fingerprint density at radius 1 is 0.842 bits per heavy atom. The molecule has 0 N–H and O–H groups in total. The van der Waals surface area contributed by atoms with Gasteiger partial charge in [-0.05, 0) is 24.3 Å². The zero-order valence-electron chi connectivity index (χ0n) is 10.4. The standard InChI is InChI=1S/C15H12N2O2/c1-18-15-16-13-10-6-5-9-12(13)14(17-15)19-11-7-3-2-4-8-11/h2-10H,1H3. The molecule has 0 saturated carbocycles. The van der Waals surface area contributed by atoms with Crippen molar-refractivity contribution in [3.8, 4) is 17.6 Å². The van der Waals surface area contributed by atoms with Crippen molar-refractivity contribution in [2.75, 3.05) is 7.11 Å². The van der Waals surface area contributed by atoms with Crippen LogP contribution in [-0.2, 0) is 0 Å². The monoisotopic (exact) mass is 252 g/mol. The highest BCUT2D eigenvalue weighted by molar-refractivity contribution is 5.83. The van der Waals surface area contributed by atoms with Crippen LogP contribution in [0.25, 0.3) is 10.9 Å². The van der Waals surface area contributed by atoms with Crippen LogP contribution in [0, 0.1) is 0 Å². The molecule has 3 aromatic rings. The molecule has 4 nitrogen and oxygen atoms in total. The number of fused-ring (bicyclic) bond motifs is 1. The molecule has 2 aromatic carbocycles. The third-order valence-corrected chi connectivity index (χ3v) is 2.69. The molecule has 0 fully saturated rings. The fourth-order valence-electron chi connectivity index (χ4n) is 1.80. The third kappa shape index (κ3) is 2.33. The molecular weight excluding hydrogens is 240 g/mol. The quantitative estimate of drug-likeness (QED) is 0.716. The van der Waals surface area contributed by atoms with Gasteiger partial charge in [-0.25, -0.2) is 0 Å². The molecule has 1 heterocycles. The smallest absolute Gasteiger partial charge is 0.320 e. The Labute approximate surface area is 110 Å². The predicted octanol–water partition coefficient (Wildman–Crippen LogP) is 3.43. The molecular formula is C15H12N2O2. The van der Waals surface area contributed by atoms with Gasteiger partial charge in [-0.1, -0.05) is 30.3 Å². The Morgan fingerprint density at radius 3 is 2.37 bits per heavy atom. The van der Waals surface area contributed by atoms with Crippen LogP contribution < -0.4 is 9.47 Å². The first kappa shape index (κ1) is 11.5. The van der Waals surface area contributed by atoms with E-state index in [0.29, 0.717) is 11.9 Å². The third-order valence-electron chi connectivity index (χ3n) is 2.69. The van der Waals surface area contributed by atoms with Crippen LogP contribution in [0.5, 0.6) is 17.6 Å². The van der Waals surface area contributed by atoms with E-state index in [1.165, 1.54) is 7.11 Å². The molecule has 0 bridgehead atoms. The van der Waals surface area contributed by atoms with E-state index in [1.54, 1.807) is 0 Å². The van der Waals surface area contributed by atoms with Crippen LogP contribution in [0.1, 0.15) is 0 Å². The lowest BCUT2D eigenvalue weighted by atomic mass is 10.2. The van der Waals surface area contributed by atoms with Crippen LogP contribution >= 0.6 is 0 Å². The Bertz CT molecular complexity index is 699. The molecule has 94 valence electrons. The van der Waals surface area contributed by atoms with E-state index in [-0.39, 0.29) is 0 Å². The Balaban J connectivity index is 2.11. The molecule has 0 aliphatic heterocycles. The molecule has 0 aliphatic carbocycles. The first-order valence-corrected chi connectivity index (χ1v) is 5.90. The Morgan fingerprint density at radius 2 is 1.58 bits per heavy atom. The lowest BCUT2D eigenvalue weighted by Gasteiger charge is -2.08. The molecule has 0 atom stereocenters. The highest BCUT2D eigenvalue weighted by atomic mass is 16.5. The summed E-state index contributed by atoms with van der Waals surface area (Å²) in [4.78, 5) is 8.54. The van der Waals surface area contributed by atoms with Crippen molar-refractivity contribution < 1.29 is 9.47 Å². The molecule has 4 heteroatoms. The average Bonchev–Trinajstić information content (AvgIpc) is 2.48. The molecule has 0 spiro atoms. The summed E-state index contributed by atoms with van der Waals surface area (Å²) in [7, 11) is 1.54. The molecule has 0 amide bonds. The van der Waals surface area contributed by atoms with Crippen LogP contribution in [0.3, 0.4) is 0 Å². The Kier molecular flexibility index (Phi) is 2.98. The number of benzene rings is 2. The fourth-order valence-corrected chi connectivity index (χ4v) is 1.80. The number of rotatable bonds is 3. The van der Waals surface area contributed by atoms with Crippen LogP contribution in [0.2, 0.25) is 0 Å². The second kappa shape index (κ2) is 4.94. The number of hydrogen-bond donors (Lipinski definition) is 0. The SMILES string of the molecule is COc1nc(Oc2ccccc2)c2ccccc2n1. The maximum atomic E-state index is 5.80. The van der Waals surface area contributed by atoms with Gasteiger partial charge in [-0.3, -0.25) is 0 Å². The van der Waals surface area contributed by atoms with Gasteiger partial charge in [0, 0.05) is 0 Å². The summed E-state index contributed by atoms with van der Waals surface area (Å²) < 4.78 is 10.9. The van der Waals surface area contributed by atoms with Gasteiger partial charge in [0.25, 0.3) is 0 Å². The van der Waals surface area contributed by atoms with E-state index < -0.39 is 0 Å². The summed E-state index contributed by atoms with van der Waals surface area (Å²) >= 11 is 0. The molecule has 0 aliphatic rings. The summed E-state index contributed by atoms with van der Waals surface area (Å²) in [6, 6.07) is 17.5. The van der Waals surface area contributed by atoms with Crippen molar-refractivity contribution in [2.24, 2.45) is 0 Å². The summed E-state index contributed by atoms with van der Waals surface area (Å²) in [6.07, 6.45) is 0. The maximum Gasteiger partial charge on any atom is 0.320 e. The van der Waals surface area contributed by atoms with E-state index in [9.17, 15) is 0 Å². The van der Waals surface area contributed by atoms with Gasteiger partial charge in [0.05, 0.1) is 18.0 Å². The van der Waals surface area contributed by atoms with Gasteiger partial charge in [0.1, 0.15) is 5.75 Å². The fraction of sp³-hybridized carbons (Fsp3) is 0.0667. The van der Waals surface area contributed by atoms with Gasteiger partial charge in [0.15, 0.2) is 0 Å². The van der Waals surface area contributed by atoms with Gasteiger partial charge in [-0.15, -0.1) is 0 Å². The van der Waals surface area contributed by atoms with Crippen molar-refractivity contribution in [3.63, 3.8) is 0 Å². The lowest BCUT2D eigenvalue weighted by molar-refractivity contribution is 0.370. The molecule has 3 rings (SSSR count). The summed E-state index contributed by atoms with van der Waals surface area (Å²) in [5, 5.41) is 0.854. The normalized spacial score (nSPS) is 10.4. The topological polar surface area (TPSA) is 44.2 Å². The van der Waals surface area contributed by atoms with Gasteiger partial charge >= 0.3 is 6.01 Å². The number of aromatic nitrogens is 2. The first-order valence-electron chi connectivity index (χ1n) is 5.90. The van der Waals surface area contributed by atoms with E-state index in [0.717, 1.165) is 16.7 Å². The molecule has 0 radical (unpaired) electrons. The second-order valence-corrected chi connectivity index (χ2v) is 3.95. The Hall–Kier alpha value is -2.62. The average molecular weight is 252 g/mol. The highest BCUT2D eigenvalue weighted by Crippen LogP contribution is 2.28. The lowest BCUT2D eigenvalue weighted by Crippen LogP contribution is -1.96. The first-order chi connectivity index (χ1) is 9.36. The minimum Gasteiger partial charge on any atom is -0.467 e. The van der Waals surface area contributed by atoms with E-state index >= 15 is 0 Å². The minimum atomic E-state index is 0.296. The maximum absolute atomic E-state index is 5.80. The van der Waals surface area contributed by atoms with Crippen LogP contribution in [0.15, 0.2) is 54.6 Å². The minimum absolute atomic E-state index is 0.296. The van der Waals surface area contributed by atoms with Crippen LogP contribution in [-0.4, -0.2) is 17.1 Å². The van der Waals surface area contributed by atoms with Crippen molar-refractivity contribution in [1.82, 2.24) is 9.97 Å². The van der Waals surface area contributed by atoms with E-state index in [1.807, 2.05) is 54.6 Å². The number of hydrogen-bond acceptors (Lipinski definition) is 4. The largest absolute Gasteiger partial charge is 0.467 e. The van der Waals surface area contributed by atoms with Crippen molar-refractivity contribution in [3.05, 3.63) is 54.6 Å². The second-order valence-electron chi connectivity index (χ2n) is 3.95. The van der Waals surface area contributed by atoms with E-state index in [2.05, 4.69) is 9.97 Å². The molecule has 0 saturated heterocycles. The number of para-hydroxylation sites is 2. The summed E-state index contributed by atoms with van der Waals surface area (Å²) in [5.74, 6) is 1.22.